The first-order chi connectivity index (χ1) is 8.58. The lowest BCUT2D eigenvalue weighted by Gasteiger charge is -2.22. The van der Waals surface area contributed by atoms with E-state index in [1.165, 1.54) is 31.9 Å². The average Bonchev–Trinajstić information content (AvgIpc) is 2.84. The van der Waals surface area contributed by atoms with E-state index in [1.54, 1.807) is 6.07 Å². The molecule has 1 saturated carbocycles. The second-order valence-electron chi connectivity index (χ2n) is 5.01. The van der Waals surface area contributed by atoms with Gasteiger partial charge < -0.3 is 16.8 Å². The van der Waals surface area contributed by atoms with Gasteiger partial charge in [-0.1, -0.05) is 12.8 Å². The number of carbonyl (C=O) groups excluding carboxylic acids is 1. The van der Waals surface area contributed by atoms with Crippen molar-refractivity contribution in [3.8, 4) is 0 Å². The summed E-state index contributed by atoms with van der Waals surface area (Å²) in [7, 11) is 0. The molecule has 1 unspecified atom stereocenters. The fourth-order valence-electron chi connectivity index (χ4n) is 2.57. The van der Waals surface area contributed by atoms with Crippen LogP contribution < -0.4 is 16.8 Å². The zero-order valence-electron chi connectivity index (χ0n) is 10.6. The first-order valence-corrected chi connectivity index (χ1v) is 6.40. The topological polar surface area (TPSA) is 94.0 Å². The van der Waals surface area contributed by atoms with Gasteiger partial charge >= 0.3 is 0 Å². The maximum atomic E-state index is 11.4. The molecule has 2 rings (SSSR count). The number of aromatic nitrogens is 1. The first-order valence-electron chi connectivity index (χ1n) is 6.40. The van der Waals surface area contributed by atoms with Crippen molar-refractivity contribution in [3.63, 3.8) is 0 Å². The molecule has 1 amide bonds. The number of nitrogen functional groups attached to an aromatic ring is 1. The molecule has 98 valence electrons. The predicted molar refractivity (Wildman–Crippen MR) is 72.2 cm³/mol. The third kappa shape index (κ3) is 2.72. The SMILES string of the molecule is CC(Nc1ncc(N)cc1C(N)=O)C1CCCC1. The fourth-order valence-corrected chi connectivity index (χ4v) is 2.57. The molecule has 1 aliphatic rings. The summed E-state index contributed by atoms with van der Waals surface area (Å²) in [6.07, 6.45) is 6.57. The molecule has 18 heavy (non-hydrogen) atoms. The van der Waals surface area contributed by atoms with E-state index in [9.17, 15) is 4.79 Å². The van der Waals surface area contributed by atoms with Gasteiger partial charge in [0.05, 0.1) is 17.4 Å². The van der Waals surface area contributed by atoms with Crippen LogP contribution in [-0.4, -0.2) is 16.9 Å². The second-order valence-corrected chi connectivity index (χ2v) is 5.01. The highest BCUT2D eigenvalue weighted by Crippen LogP contribution is 2.29. The van der Waals surface area contributed by atoms with Crippen molar-refractivity contribution in [1.29, 1.82) is 0 Å². The van der Waals surface area contributed by atoms with Gasteiger partial charge in [-0.05, 0) is 31.7 Å². The lowest BCUT2D eigenvalue weighted by Crippen LogP contribution is -2.26. The summed E-state index contributed by atoms with van der Waals surface area (Å²) in [4.78, 5) is 15.5. The summed E-state index contributed by atoms with van der Waals surface area (Å²) in [5.74, 6) is 0.678. The smallest absolute Gasteiger partial charge is 0.252 e. The van der Waals surface area contributed by atoms with E-state index in [0.717, 1.165) is 0 Å². The normalized spacial score (nSPS) is 17.6. The van der Waals surface area contributed by atoms with E-state index in [2.05, 4.69) is 17.2 Å². The first kappa shape index (κ1) is 12.7. The molecular formula is C13H20N4O. The summed E-state index contributed by atoms with van der Waals surface area (Å²) >= 11 is 0. The molecule has 5 heteroatoms. The molecule has 5 N–H and O–H groups in total. The molecule has 5 nitrogen and oxygen atoms in total. The van der Waals surface area contributed by atoms with Crippen LogP contribution in [0.25, 0.3) is 0 Å². The molecule has 1 fully saturated rings. The summed E-state index contributed by atoms with van der Waals surface area (Å²) in [6, 6.07) is 1.86. The largest absolute Gasteiger partial charge is 0.397 e. The van der Waals surface area contributed by atoms with Crippen LogP contribution >= 0.6 is 0 Å². The minimum atomic E-state index is -0.504. The van der Waals surface area contributed by atoms with Crippen LogP contribution in [0.4, 0.5) is 11.5 Å². The number of nitrogens with zero attached hydrogens (tertiary/aromatic N) is 1. The number of amides is 1. The minimum absolute atomic E-state index is 0.293. The van der Waals surface area contributed by atoms with Crippen LogP contribution in [0.3, 0.4) is 0 Å². The van der Waals surface area contributed by atoms with Gasteiger partial charge in [0.2, 0.25) is 0 Å². The minimum Gasteiger partial charge on any atom is -0.397 e. The van der Waals surface area contributed by atoms with Crippen molar-refractivity contribution in [2.45, 2.75) is 38.6 Å². The number of primary amides is 1. The predicted octanol–water partition coefficient (Wildman–Crippen LogP) is 1.75. The molecule has 1 aromatic rings. The van der Waals surface area contributed by atoms with Crippen LogP contribution in [0, 0.1) is 5.92 Å². The third-order valence-electron chi connectivity index (χ3n) is 3.65. The van der Waals surface area contributed by atoms with E-state index in [0.29, 0.717) is 29.0 Å². The standard InChI is InChI=1S/C13H20N4O/c1-8(9-4-2-3-5-9)17-13-11(12(15)18)6-10(14)7-16-13/h6-9H,2-5,14H2,1H3,(H2,15,18)(H,16,17). The highest BCUT2D eigenvalue weighted by molar-refractivity contribution is 5.98. The van der Waals surface area contributed by atoms with Crippen molar-refractivity contribution < 1.29 is 4.79 Å². The van der Waals surface area contributed by atoms with Gasteiger partial charge in [0.25, 0.3) is 5.91 Å². The summed E-state index contributed by atoms with van der Waals surface area (Å²) in [5.41, 5.74) is 11.8. The van der Waals surface area contributed by atoms with Crippen molar-refractivity contribution in [2.75, 3.05) is 11.1 Å². The Bertz CT molecular complexity index is 441. The van der Waals surface area contributed by atoms with Gasteiger partial charge in [-0.2, -0.15) is 0 Å². The number of nitrogens with one attached hydrogen (secondary N) is 1. The quantitative estimate of drug-likeness (QED) is 0.756. The lowest BCUT2D eigenvalue weighted by atomic mass is 9.99. The Morgan fingerprint density at radius 1 is 1.50 bits per heavy atom. The van der Waals surface area contributed by atoms with E-state index >= 15 is 0 Å². The van der Waals surface area contributed by atoms with Crippen molar-refractivity contribution in [1.82, 2.24) is 4.98 Å². The molecular weight excluding hydrogens is 228 g/mol. The number of nitrogens with two attached hydrogens (primary N) is 2. The van der Waals surface area contributed by atoms with E-state index in [-0.39, 0.29) is 0 Å². The maximum absolute atomic E-state index is 11.4. The third-order valence-corrected chi connectivity index (χ3v) is 3.65. The van der Waals surface area contributed by atoms with Gasteiger partial charge in [-0.25, -0.2) is 4.98 Å². The van der Waals surface area contributed by atoms with Crippen LogP contribution in [-0.2, 0) is 0 Å². The van der Waals surface area contributed by atoms with Crippen molar-refractivity contribution in [2.24, 2.45) is 11.7 Å². The molecule has 1 heterocycles. The monoisotopic (exact) mass is 248 g/mol. The van der Waals surface area contributed by atoms with Crippen LogP contribution in [0.2, 0.25) is 0 Å². The average molecular weight is 248 g/mol. The molecule has 1 aromatic heterocycles. The highest BCUT2D eigenvalue weighted by Gasteiger charge is 2.23. The van der Waals surface area contributed by atoms with Crippen LogP contribution in [0.1, 0.15) is 43.0 Å². The highest BCUT2D eigenvalue weighted by atomic mass is 16.1. The van der Waals surface area contributed by atoms with E-state index < -0.39 is 5.91 Å². The molecule has 1 aliphatic carbocycles. The summed E-state index contributed by atoms with van der Waals surface area (Å²) in [6.45, 7) is 2.12. The van der Waals surface area contributed by atoms with Crippen LogP contribution in [0.15, 0.2) is 12.3 Å². The number of hydrogen-bond donors (Lipinski definition) is 3. The Hall–Kier alpha value is -1.78. The number of rotatable bonds is 4. The fraction of sp³-hybridized carbons (Fsp3) is 0.538. The lowest BCUT2D eigenvalue weighted by molar-refractivity contribution is 0.100. The second kappa shape index (κ2) is 5.25. The maximum Gasteiger partial charge on any atom is 0.252 e. The molecule has 0 saturated heterocycles. The van der Waals surface area contributed by atoms with Crippen LogP contribution in [0.5, 0.6) is 0 Å². The molecule has 0 radical (unpaired) electrons. The van der Waals surface area contributed by atoms with Gasteiger partial charge in [0.15, 0.2) is 0 Å². The van der Waals surface area contributed by atoms with E-state index in [4.69, 9.17) is 11.5 Å². The van der Waals surface area contributed by atoms with Crippen molar-refractivity contribution in [3.05, 3.63) is 17.8 Å². The van der Waals surface area contributed by atoms with Gasteiger partial charge in [-0.15, -0.1) is 0 Å². The molecule has 0 spiro atoms. The number of hydrogen-bond acceptors (Lipinski definition) is 4. The van der Waals surface area contributed by atoms with Gasteiger partial charge in [0.1, 0.15) is 5.82 Å². The number of anilines is 2. The Kier molecular flexibility index (Phi) is 3.69. The molecule has 0 aromatic carbocycles. The summed E-state index contributed by atoms with van der Waals surface area (Å²) < 4.78 is 0. The Morgan fingerprint density at radius 3 is 2.78 bits per heavy atom. The van der Waals surface area contributed by atoms with Crippen molar-refractivity contribution >= 4 is 17.4 Å². The molecule has 0 bridgehead atoms. The molecule has 1 atom stereocenters. The summed E-state index contributed by atoms with van der Waals surface area (Å²) in [5, 5.41) is 3.29. The van der Waals surface area contributed by atoms with Gasteiger partial charge in [-0.3, -0.25) is 4.79 Å². The van der Waals surface area contributed by atoms with E-state index in [1.807, 2.05) is 0 Å². The Morgan fingerprint density at radius 2 is 2.17 bits per heavy atom. The zero-order chi connectivity index (χ0) is 13.1. The Labute approximate surface area is 107 Å². The Balaban J connectivity index is 2.15. The number of pyridine rings is 1. The molecule has 0 aliphatic heterocycles. The number of carbonyl (C=O) groups is 1. The van der Waals surface area contributed by atoms with Gasteiger partial charge in [0, 0.05) is 6.04 Å². The zero-order valence-corrected chi connectivity index (χ0v) is 10.6.